The molecule has 1 unspecified atom stereocenters. The van der Waals surface area contributed by atoms with Crippen LogP contribution in [-0.2, 0) is 14.6 Å². The van der Waals surface area contributed by atoms with Crippen LogP contribution < -0.4 is 0 Å². The molecule has 11 heavy (non-hydrogen) atoms. The van der Waals surface area contributed by atoms with Crippen molar-refractivity contribution in [1.82, 2.24) is 0 Å². The van der Waals surface area contributed by atoms with E-state index in [0.717, 1.165) is 0 Å². The van der Waals surface area contributed by atoms with Crippen molar-refractivity contribution < 1.29 is 13.2 Å². The number of methoxy groups -OCH3 is 1. The fourth-order valence-corrected chi connectivity index (χ4v) is 2.46. The molecule has 0 aromatic carbocycles. The lowest BCUT2D eigenvalue weighted by molar-refractivity contribution is 0.155. The summed E-state index contributed by atoms with van der Waals surface area (Å²) in [6.07, 6.45) is -0.396. The van der Waals surface area contributed by atoms with Gasteiger partial charge in [-0.2, -0.15) is 0 Å². The Labute approximate surface area is 66.3 Å². The maximum absolute atomic E-state index is 11.1. The van der Waals surface area contributed by atoms with Crippen molar-refractivity contribution in [2.24, 2.45) is 0 Å². The van der Waals surface area contributed by atoms with Gasteiger partial charge in [-0.15, -0.1) is 0 Å². The summed E-state index contributed by atoms with van der Waals surface area (Å²) in [5.41, 5.74) is 0.479. The van der Waals surface area contributed by atoms with Crippen LogP contribution in [-0.4, -0.2) is 27.4 Å². The lowest BCUT2D eigenvalue weighted by Gasteiger charge is -2.04. The van der Waals surface area contributed by atoms with Gasteiger partial charge in [-0.1, -0.05) is 13.2 Å². The molecule has 0 saturated carbocycles. The molecule has 0 aliphatic carbocycles. The molecule has 0 aromatic rings. The van der Waals surface area contributed by atoms with E-state index in [2.05, 4.69) is 13.2 Å². The first-order valence-corrected chi connectivity index (χ1v) is 4.78. The van der Waals surface area contributed by atoms with Crippen molar-refractivity contribution >= 4 is 9.84 Å². The van der Waals surface area contributed by atoms with Crippen molar-refractivity contribution in [1.29, 1.82) is 0 Å². The SMILES string of the molecule is C=C1C(=C)S(=O)(=O)CC1OC. The Morgan fingerprint density at radius 3 is 2.27 bits per heavy atom. The van der Waals surface area contributed by atoms with Crippen LogP contribution in [0.4, 0.5) is 0 Å². The van der Waals surface area contributed by atoms with Crippen LogP contribution in [0, 0.1) is 0 Å². The highest BCUT2D eigenvalue weighted by Gasteiger charge is 2.35. The zero-order chi connectivity index (χ0) is 8.65. The third kappa shape index (κ3) is 1.23. The van der Waals surface area contributed by atoms with E-state index >= 15 is 0 Å². The Kier molecular flexibility index (Phi) is 1.90. The van der Waals surface area contributed by atoms with Gasteiger partial charge in [0.1, 0.15) is 0 Å². The van der Waals surface area contributed by atoms with Crippen molar-refractivity contribution in [2.45, 2.75) is 6.10 Å². The minimum absolute atomic E-state index is 0.0127. The van der Waals surface area contributed by atoms with Gasteiger partial charge in [-0.25, -0.2) is 8.42 Å². The van der Waals surface area contributed by atoms with E-state index in [4.69, 9.17) is 4.74 Å². The molecule has 1 aliphatic heterocycles. The molecule has 1 atom stereocenters. The average Bonchev–Trinajstić information content (AvgIpc) is 2.13. The number of ether oxygens (including phenoxy) is 1. The summed E-state index contributed by atoms with van der Waals surface area (Å²) in [5.74, 6) is -0.0127. The van der Waals surface area contributed by atoms with Gasteiger partial charge in [0, 0.05) is 7.11 Å². The van der Waals surface area contributed by atoms with Gasteiger partial charge in [0.05, 0.1) is 16.8 Å². The molecule has 4 heteroatoms. The summed E-state index contributed by atoms with van der Waals surface area (Å²) in [7, 11) is -1.69. The zero-order valence-electron chi connectivity index (χ0n) is 6.33. The molecular weight excluding hydrogens is 164 g/mol. The van der Waals surface area contributed by atoms with Crippen molar-refractivity contribution in [3.8, 4) is 0 Å². The molecule has 0 aromatic heterocycles. The lowest BCUT2D eigenvalue weighted by Crippen LogP contribution is -2.12. The lowest BCUT2D eigenvalue weighted by atomic mass is 10.2. The van der Waals surface area contributed by atoms with Gasteiger partial charge in [0.25, 0.3) is 0 Å². The fourth-order valence-electron chi connectivity index (χ4n) is 0.990. The second kappa shape index (κ2) is 2.46. The number of hydrogen-bond acceptors (Lipinski definition) is 3. The zero-order valence-corrected chi connectivity index (χ0v) is 7.15. The summed E-state index contributed by atoms with van der Waals surface area (Å²) >= 11 is 0. The molecule has 0 bridgehead atoms. The Bertz CT molecular complexity index is 300. The molecule has 0 N–H and O–H groups in total. The summed E-state index contributed by atoms with van der Waals surface area (Å²) in [4.78, 5) is 0.115. The molecule has 1 saturated heterocycles. The van der Waals surface area contributed by atoms with Crippen molar-refractivity contribution in [2.75, 3.05) is 12.9 Å². The molecule has 1 fully saturated rings. The van der Waals surface area contributed by atoms with Crippen LogP contribution in [0.15, 0.2) is 23.6 Å². The van der Waals surface area contributed by atoms with E-state index in [-0.39, 0.29) is 10.7 Å². The fraction of sp³-hybridized carbons (Fsp3) is 0.429. The van der Waals surface area contributed by atoms with Gasteiger partial charge in [-0.05, 0) is 5.57 Å². The van der Waals surface area contributed by atoms with Crippen LogP contribution >= 0.6 is 0 Å². The van der Waals surface area contributed by atoms with E-state index in [0.29, 0.717) is 5.57 Å². The van der Waals surface area contributed by atoms with Gasteiger partial charge in [0.15, 0.2) is 9.84 Å². The number of hydrogen-bond donors (Lipinski definition) is 0. The largest absolute Gasteiger partial charge is 0.376 e. The van der Waals surface area contributed by atoms with E-state index in [1.54, 1.807) is 0 Å². The summed E-state index contributed by atoms with van der Waals surface area (Å²) in [5, 5.41) is 0. The highest BCUT2D eigenvalue weighted by Crippen LogP contribution is 2.28. The standard InChI is InChI=1S/C7H10O3S/c1-5-6(2)11(8,9)4-7(5)10-3/h7H,1-2,4H2,3H3. The smallest absolute Gasteiger partial charge is 0.181 e. The second-order valence-electron chi connectivity index (χ2n) is 2.45. The Balaban J connectivity index is 3.05. The first kappa shape index (κ1) is 8.49. The van der Waals surface area contributed by atoms with E-state index in [1.807, 2.05) is 0 Å². The highest BCUT2D eigenvalue weighted by molar-refractivity contribution is 7.95. The highest BCUT2D eigenvalue weighted by atomic mass is 32.2. The second-order valence-corrected chi connectivity index (χ2v) is 4.51. The predicted octanol–water partition coefficient (Wildman–Crippen LogP) is 0.500. The van der Waals surface area contributed by atoms with Gasteiger partial charge < -0.3 is 4.74 Å². The number of sulfone groups is 1. The molecule has 0 radical (unpaired) electrons. The van der Waals surface area contributed by atoms with Crippen LogP contribution in [0.1, 0.15) is 0 Å². The minimum atomic E-state index is -3.15. The Morgan fingerprint density at radius 2 is 2.09 bits per heavy atom. The van der Waals surface area contributed by atoms with Gasteiger partial charge in [-0.3, -0.25) is 0 Å². The minimum Gasteiger partial charge on any atom is -0.376 e. The normalized spacial score (nSPS) is 29.4. The van der Waals surface area contributed by atoms with E-state index < -0.39 is 15.9 Å². The topological polar surface area (TPSA) is 43.4 Å². The molecule has 0 amide bonds. The summed E-state index contributed by atoms with van der Waals surface area (Å²) in [6.45, 7) is 7.00. The molecule has 1 rings (SSSR count). The first-order valence-electron chi connectivity index (χ1n) is 3.12. The average molecular weight is 174 g/mol. The Hall–Kier alpha value is -0.610. The van der Waals surface area contributed by atoms with Gasteiger partial charge in [0.2, 0.25) is 0 Å². The summed E-state index contributed by atoms with van der Waals surface area (Å²) < 4.78 is 27.1. The quantitative estimate of drug-likeness (QED) is 0.581. The summed E-state index contributed by atoms with van der Waals surface area (Å²) in [6, 6.07) is 0. The first-order chi connectivity index (χ1) is 4.99. The monoisotopic (exact) mass is 174 g/mol. The molecule has 3 nitrogen and oxygen atoms in total. The van der Waals surface area contributed by atoms with E-state index in [1.165, 1.54) is 7.11 Å². The van der Waals surface area contributed by atoms with Crippen LogP contribution in [0.5, 0.6) is 0 Å². The van der Waals surface area contributed by atoms with Crippen LogP contribution in [0.25, 0.3) is 0 Å². The molecular formula is C7H10O3S. The molecule has 62 valence electrons. The van der Waals surface area contributed by atoms with E-state index in [9.17, 15) is 8.42 Å². The third-order valence-electron chi connectivity index (χ3n) is 1.78. The van der Waals surface area contributed by atoms with Crippen LogP contribution in [0.2, 0.25) is 0 Å². The molecule has 1 heterocycles. The molecule has 1 aliphatic rings. The van der Waals surface area contributed by atoms with Gasteiger partial charge >= 0.3 is 0 Å². The maximum Gasteiger partial charge on any atom is 0.181 e. The Morgan fingerprint density at radius 1 is 1.55 bits per heavy atom. The van der Waals surface area contributed by atoms with Crippen molar-refractivity contribution in [3.05, 3.63) is 23.6 Å². The maximum atomic E-state index is 11.1. The van der Waals surface area contributed by atoms with Crippen LogP contribution in [0.3, 0.4) is 0 Å². The number of rotatable bonds is 1. The molecule has 0 spiro atoms. The third-order valence-corrected chi connectivity index (χ3v) is 3.53. The van der Waals surface area contributed by atoms with Crippen molar-refractivity contribution in [3.63, 3.8) is 0 Å². The predicted molar refractivity (Wildman–Crippen MR) is 42.9 cm³/mol.